The molecule has 1 heterocycles. The molecular formula is C12H19ClN2S. The summed E-state index contributed by atoms with van der Waals surface area (Å²) in [6.45, 7) is 5.47. The maximum Gasteiger partial charge on any atom is 0.0934 e. The topological polar surface area (TPSA) is 15.3 Å². The Kier molecular flexibility index (Phi) is 4.25. The Morgan fingerprint density at radius 3 is 3.19 bits per heavy atom. The summed E-state index contributed by atoms with van der Waals surface area (Å²) in [4.78, 5) is 3.80. The quantitative estimate of drug-likeness (QED) is 0.874. The van der Waals surface area contributed by atoms with Crippen LogP contribution < -0.4 is 5.32 Å². The zero-order chi connectivity index (χ0) is 11.5. The summed E-state index contributed by atoms with van der Waals surface area (Å²) in [5.41, 5.74) is 1.44. The third-order valence-electron chi connectivity index (χ3n) is 3.27. The lowest BCUT2D eigenvalue weighted by molar-refractivity contribution is 0.339. The van der Waals surface area contributed by atoms with Crippen molar-refractivity contribution in [3.8, 4) is 0 Å². The van der Waals surface area contributed by atoms with Crippen LogP contribution in [0.25, 0.3) is 0 Å². The Morgan fingerprint density at radius 2 is 2.44 bits per heavy atom. The standard InChI is InChI=1S/C12H19ClN2S/c1-3-15(2)7-6-14-10-4-5-11-9(10)8-12(13)16-11/h8,10,14H,3-7H2,1-2H3. The van der Waals surface area contributed by atoms with Gasteiger partial charge < -0.3 is 10.2 Å². The van der Waals surface area contributed by atoms with Crippen LogP contribution in [-0.2, 0) is 6.42 Å². The van der Waals surface area contributed by atoms with E-state index in [0.29, 0.717) is 6.04 Å². The van der Waals surface area contributed by atoms with Gasteiger partial charge in [0.15, 0.2) is 0 Å². The second kappa shape index (κ2) is 5.50. The van der Waals surface area contributed by atoms with Crippen molar-refractivity contribution in [2.24, 2.45) is 0 Å². The first kappa shape index (κ1) is 12.4. The first-order valence-electron chi connectivity index (χ1n) is 5.90. The highest BCUT2D eigenvalue weighted by Crippen LogP contribution is 2.39. The smallest absolute Gasteiger partial charge is 0.0934 e. The van der Waals surface area contributed by atoms with Crippen molar-refractivity contribution in [3.63, 3.8) is 0 Å². The van der Waals surface area contributed by atoms with Gasteiger partial charge in [0, 0.05) is 24.0 Å². The zero-order valence-electron chi connectivity index (χ0n) is 9.92. The number of aryl methyl sites for hydroxylation is 1. The molecule has 0 aliphatic heterocycles. The van der Waals surface area contributed by atoms with E-state index in [4.69, 9.17) is 11.6 Å². The molecule has 1 aromatic rings. The van der Waals surface area contributed by atoms with E-state index in [0.717, 1.165) is 24.0 Å². The number of nitrogens with one attached hydrogen (secondary N) is 1. The van der Waals surface area contributed by atoms with Crippen molar-refractivity contribution in [3.05, 3.63) is 20.8 Å². The van der Waals surface area contributed by atoms with Crippen molar-refractivity contribution in [1.82, 2.24) is 10.2 Å². The molecule has 0 amide bonds. The van der Waals surface area contributed by atoms with Crippen LogP contribution in [0.15, 0.2) is 6.07 Å². The molecule has 1 N–H and O–H groups in total. The number of thiophene rings is 1. The SMILES string of the molecule is CCN(C)CCNC1CCc2sc(Cl)cc21. The second-order valence-corrected chi connectivity index (χ2v) is 6.14. The van der Waals surface area contributed by atoms with Gasteiger partial charge in [-0.1, -0.05) is 18.5 Å². The van der Waals surface area contributed by atoms with Gasteiger partial charge in [-0.2, -0.15) is 0 Å². The zero-order valence-corrected chi connectivity index (χ0v) is 11.5. The highest BCUT2D eigenvalue weighted by atomic mass is 35.5. The van der Waals surface area contributed by atoms with Crippen LogP contribution in [-0.4, -0.2) is 31.6 Å². The number of likely N-dealkylation sites (N-methyl/N-ethyl adjacent to an activating group) is 1. The largest absolute Gasteiger partial charge is 0.309 e. The van der Waals surface area contributed by atoms with E-state index < -0.39 is 0 Å². The fourth-order valence-corrected chi connectivity index (χ4v) is 3.49. The molecule has 0 saturated carbocycles. The normalized spacial score (nSPS) is 19.4. The molecule has 1 aromatic heterocycles. The Labute approximate surface area is 107 Å². The number of hydrogen-bond acceptors (Lipinski definition) is 3. The van der Waals surface area contributed by atoms with Gasteiger partial charge in [0.05, 0.1) is 4.34 Å². The fourth-order valence-electron chi connectivity index (χ4n) is 2.13. The Balaban J connectivity index is 1.83. The molecule has 0 fully saturated rings. The molecule has 16 heavy (non-hydrogen) atoms. The van der Waals surface area contributed by atoms with E-state index in [9.17, 15) is 0 Å². The molecule has 4 heteroatoms. The molecule has 2 nitrogen and oxygen atoms in total. The molecule has 2 rings (SSSR count). The summed E-state index contributed by atoms with van der Waals surface area (Å²) in [5, 5.41) is 3.62. The van der Waals surface area contributed by atoms with Crippen molar-refractivity contribution >= 4 is 22.9 Å². The first-order valence-corrected chi connectivity index (χ1v) is 7.10. The molecule has 0 aromatic carbocycles. The summed E-state index contributed by atoms with van der Waals surface area (Å²) in [5.74, 6) is 0. The van der Waals surface area contributed by atoms with Gasteiger partial charge in [0.25, 0.3) is 0 Å². The molecule has 0 saturated heterocycles. The summed E-state index contributed by atoms with van der Waals surface area (Å²) in [6.07, 6.45) is 2.42. The highest BCUT2D eigenvalue weighted by molar-refractivity contribution is 7.16. The summed E-state index contributed by atoms with van der Waals surface area (Å²) in [6, 6.07) is 2.67. The second-order valence-electron chi connectivity index (χ2n) is 4.37. The first-order chi connectivity index (χ1) is 7.70. The predicted molar refractivity (Wildman–Crippen MR) is 71.6 cm³/mol. The molecule has 0 bridgehead atoms. The van der Waals surface area contributed by atoms with E-state index in [-0.39, 0.29) is 0 Å². The molecule has 90 valence electrons. The summed E-state index contributed by atoms with van der Waals surface area (Å²) >= 11 is 7.77. The van der Waals surface area contributed by atoms with Crippen molar-refractivity contribution in [2.45, 2.75) is 25.8 Å². The number of rotatable bonds is 5. The third-order valence-corrected chi connectivity index (χ3v) is 4.61. The monoisotopic (exact) mass is 258 g/mol. The van der Waals surface area contributed by atoms with Crippen LogP contribution in [0.3, 0.4) is 0 Å². The van der Waals surface area contributed by atoms with Crippen molar-refractivity contribution in [2.75, 3.05) is 26.7 Å². The number of nitrogens with zero attached hydrogens (tertiary/aromatic N) is 1. The van der Waals surface area contributed by atoms with Crippen LogP contribution in [0, 0.1) is 0 Å². The minimum Gasteiger partial charge on any atom is -0.309 e. The Morgan fingerprint density at radius 1 is 1.62 bits per heavy atom. The average Bonchev–Trinajstić information content (AvgIpc) is 2.78. The maximum absolute atomic E-state index is 6.03. The van der Waals surface area contributed by atoms with Crippen LogP contribution >= 0.6 is 22.9 Å². The predicted octanol–water partition coefficient (Wildman–Crippen LogP) is 2.93. The molecular weight excluding hydrogens is 240 g/mol. The molecule has 0 radical (unpaired) electrons. The van der Waals surface area contributed by atoms with Gasteiger partial charge >= 0.3 is 0 Å². The van der Waals surface area contributed by atoms with E-state index in [1.807, 2.05) is 0 Å². The van der Waals surface area contributed by atoms with Gasteiger partial charge in [0.2, 0.25) is 0 Å². The van der Waals surface area contributed by atoms with Crippen LogP contribution in [0.2, 0.25) is 4.34 Å². The van der Waals surface area contributed by atoms with Crippen molar-refractivity contribution in [1.29, 1.82) is 0 Å². The molecule has 0 spiro atoms. The molecule has 1 aliphatic rings. The molecule has 1 atom stereocenters. The summed E-state index contributed by atoms with van der Waals surface area (Å²) in [7, 11) is 2.16. The fraction of sp³-hybridized carbons (Fsp3) is 0.667. The lowest BCUT2D eigenvalue weighted by Gasteiger charge is -2.17. The minimum absolute atomic E-state index is 0.531. The van der Waals surface area contributed by atoms with Gasteiger partial charge in [-0.05, 0) is 38.1 Å². The van der Waals surface area contributed by atoms with Crippen molar-refractivity contribution < 1.29 is 0 Å². The van der Waals surface area contributed by atoms with E-state index in [2.05, 4.69) is 30.3 Å². The van der Waals surface area contributed by atoms with Crippen LogP contribution in [0.1, 0.15) is 29.8 Å². The Bertz CT molecular complexity index is 351. The maximum atomic E-state index is 6.03. The number of hydrogen-bond donors (Lipinski definition) is 1. The van der Waals surface area contributed by atoms with Gasteiger partial charge in [-0.3, -0.25) is 0 Å². The van der Waals surface area contributed by atoms with Crippen LogP contribution in [0.5, 0.6) is 0 Å². The lowest BCUT2D eigenvalue weighted by atomic mass is 10.2. The van der Waals surface area contributed by atoms with E-state index in [1.165, 1.54) is 23.3 Å². The average molecular weight is 259 g/mol. The van der Waals surface area contributed by atoms with E-state index in [1.54, 1.807) is 11.3 Å². The lowest BCUT2D eigenvalue weighted by Crippen LogP contribution is -2.30. The number of fused-ring (bicyclic) bond motifs is 1. The third kappa shape index (κ3) is 2.77. The van der Waals surface area contributed by atoms with Crippen LogP contribution in [0.4, 0.5) is 0 Å². The van der Waals surface area contributed by atoms with Gasteiger partial charge in [-0.25, -0.2) is 0 Å². The molecule has 1 unspecified atom stereocenters. The number of halogens is 1. The van der Waals surface area contributed by atoms with Gasteiger partial charge in [0.1, 0.15) is 0 Å². The Hall–Kier alpha value is -0.0900. The summed E-state index contributed by atoms with van der Waals surface area (Å²) < 4.78 is 0.933. The minimum atomic E-state index is 0.531. The van der Waals surface area contributed by atoms with E-state index >= 15 is 0 Å². The highest BCUT2D eigenvalue weighted by Gasteiger charge is 2.24. The van der Waals surface area contributed by atoms with Gasteiger partial charge in [-0.15, -0.1) is 11.3 Å². The molecule has 1 aliphatic carbocycles.